The number of benzene rings is 1. The first-order valence-corrected chi connectivity index (χ1v) is 7.83. The molecular weight excluding hydrogens is 322 g/mol. The number of nitrogens with one attached hydrogen (secondary N) is 2. The summed E-state index contributed by atoms with van der Waals surface area (Å²) in [6, 6.07) is 10.0. The van der Waals surface area contributed by atoms with Crippen LogP contribution in [0, 0.1) is 0 Å². The second-order valence-corrected chi connectivity index (χ2v) is 5.51. The van der Waals surface area contributed by atoms with Gasteiger partial charge in [0.1, 0.15) is 5.56 Å². The molecule has 2 amide bonds. The molecule has 0 aliphatic heterocycles. The minimum absolute atomic E-state index is 0.0756. The minimum Gasteiger partial charge on any atom is -0.383 e. The lowest BCUT2D eigenvalue weighted by atomic mass is 10.1. The molecular formula is C18H21N3O4. The number of ether oxygens (including phenoxy) is 1. The average molecular weight is 343 g/mol. The number of carbonyl (C=O) groups excluding carboxylic acids is 2. The smallest absolute Gasteiger partial charge is 0.263 e. The molecule has 1 aromatic carbocycles. The molecule has 7 heteroatoms. The number of carbonyl (C=O) groups is 2. The van der Waals surface area contributed by atoms with Crippen molar-refractivity contribution >= 4 is 17.5 Å². The highest BCUT2D eigenvalue weighted by molar-refractivity contribution is 6.04. The highest BCUT2D eigenvalue weighted by Gasteiger charge is 2.11. The van der Waals surface area contributed by atoms with E-state index in [0.717, 1.165) is 5.56 Å². The van der Waals surface area contributed by atoms with Crippen LogP contribution in [0.4, 0.5) is 5.69 Å². The zero-order valence-corrected chi connectivity index (χ0v) is 14.2. The molecule has 2 rings (SSSR count). The molecule has 0 atom stereocenters. The fourth-order valence-corrected chi connectivity index (χ4v) is 2.21. The maximum absolute atomic E-state index is 12.2. The Hall–Kier alpha value is -2.93. The van der Waals surface area contributed by atoms with Crippen LogP contribution in [0.15, 0.2) is 47.4 Å². The molecule has 0 bridgehead atoms. The molecule has 0 unspecified atom stereocenters. The van der Waals surface area contributed by atoms with Gasteiger partial charge < -0.3 is 19.9 Å². The van der Waals surface area contributed by atoms with E-state index in [1.165, 1.54) is 10.6 Å². The van der Waals surface area contributed by atoms with Crippen LogP contribution in [0.1, 0.15) is 15.9 Å². The Balaban J connectivity index is 1.96. The van der Waals surface area contributed by atoms with Gasteiger partial charge in [-0.25, -0.2) is 0 Å². The summed E-state index contributed by atoms with van der Waals surface area (Å²) in [5.41, 5.74) is 1.10. The largest absolute Gasteiger partial charge is 0.383 e. The third-order valence-corrected chi connectivity index (χ3v) is 3.57. The van der Waals surface area contributed by atoms with Crippen LogP contribution >= 0.6 is 0 Å². The predicted octanol–water partition coefficient (Wildman–Crippen LogP) is 0.943. The Morgan fingerprint density at radius 2 is 1.88 bits per heavy atom. The van der Waals surface area contributed by atoms with Gasteiger partial charge in [-0.05, 0) is 29.8 Å². The van der Waals surface area contributed by atoms with Crippen molar-refractivity contribution in [2.45, 2.75) is 6.42 Å². The Bertz CT molecular complexity index is 797. The van der Waals surface area contributed by atoms with Crippen molar-refractivity contribution in [1.82, 2.24) is 9.88 Å². The summed E-state index contributed by atoms with van der Waals surface area (Å²) in [6.45, 7) is 0.936. The van der Waals surface area contributed by atoms with Crippen molar-refractivity contribution in [3.05, 3.63) is 64.1 Å². The molecule has 0 fully saturated rings. The second-order valence-electron chi connectivity index (χ2n) is 5.51. The van der Waals surface area contributed by atoms with E-state index in [1.807, 2.05) is 0 Å². The molecule has 1 heterocycles. The number of amides is 2. The first-order valence-electron chi connectivity index (χ1n) is 7.83. The van der Waals surface area contributed by atoms with Gasteiger partial charge in [-0.15, -0.1) is 0 Å². The van der Waals surface area contributed by atoms with Gasteiger partial charge in [0.25, 0.3) is 11.5 Å². The van der Waals surface area contributed by atoms with Gasteiger partial charge in [-0.1, -0.05) is 12.1 Å². The monoisotopic (exact) mass is 343 g/mol. The van der Waals surface area contributed by atoms with Crippen LogP contribution in [0.3, 0.4) is 0 Å². The zero-order chi connectivity index (χ0) is 18.2. The van der Waals surface area contributed by atoms with Gasteiger partial charge in [0, 0.05) is 32.6 Å². The van der Waals surface area contributed by atoms with Gasteiger partial charge in [0.15, 0.2) is 0 Å². The topological polar surface area (TPSA) is 89.4 Å². The third-order valence-electron chi connectivity index (χ3n) is 3.57. The number of nitrogens with zero attached hydrogens (tertiary/aromatic N) is 1. The van der Waals surface area contributed by atoms with Crippen LogP contribution < -0.4 is 16.2 Å². The standard InChI is InChI=1S/C18H21N3O4/c1-21-10-3-4-15(18(21)24)17(23)20-14-7-5-13(6-8-14)12-16(22)19-9-11-25-2/h3-8,10H,9,11-12H2,1-2H3,(H,19,22)(H,20,23). The van der Waals surface area contributed by atoms with Gasteiger partial charge in [-0.3, -0.25) is 14.4 Å². The van der Waals surface area contributed by atoms with Crippen molar-refractivity contribution in [3.8, 4) is 0 Å². The number of aryl methyl sites for hydroxylation is 1. The van der Waals surface area contributed by atoms with Gasteiger partial charge in [0.05, 0.1) is 13.0 Å². The maximum Gasteiger partial charge on any atom is 0.263 e. The van der Waals surface area contributed by atoms with E-state index >= 15 is 0 Å². The van der Waals surface area contributed by atoms with Crippen LogP contribution in [0.5, 0.6) is 0 Å². The lowest BCUT2D eigenvalue weighted by Gasteiger charge is -2.08. The number of anilines is 1. The molecule has 0 spiro atoms. The fraction of sp³-hybridized carbons (Fsp3) is 0.278. The van der Waals surface area contributed by atoms with Crippen molar-refractivity contribution < 1.29 is 14.3 Å². The average Bonchev–Trinajstić information content (AvgIpc) is 2.59. The molecule has 0 aliphatic carbocycles. The number of rotatable bonds is 7. The van der Waals surface area contributed by atoms with E-state index in [-0.39, 0.29) is 23.5 Å². The van der Waals surface area contributed by atoms with Crippen molar-refractivity contribution in [2.24, 2.45) is 7.05 Å². The molecule has 132 valence electrons. The van der Waals surface area contributed by atoms with Crippen LogP contribution in [-0.4, -0.2) is 36.6 Å². The van der Waals surface area contributed by atoms with E-state index in [2.05, 4.69) is 10.6 Å². The van der Waals surface area contributed by atoms with Crippen molar-refractivity contribution in [3.63, 3.8) is 0 Å². The van der Waals surface area contributed by atoms with Crippen molar-refractivity contribution in [2.75, 3.05) is 25.6 Å². The summed E-state index contributed by atoms with van der Waals surface area (Å²) in [5, 5.41) is 5.42. The van der Waals surface area contributed by atoms with Gasteiger partial charge in [0.2, 0.25) is 5.91 Å². The second kappa shape index (κ2) is 8.79. The van der Waals surface area contributed by atoms with Crippen molar-refractivity contribution in [1.29, 1.82) is 0 Å². The molecule has 2 N–H and O–H groups in total. The number of methoxy groups -OCH3 is 1. The summed E-state index contributed by atoms with van der Waals surface area (Å²) in [5.74, 6) is -0.562. The SMILES string of the molecule is COCCNC(=O)Cc1ccc(NC(=O)c2cccn(C)c2=O)cc1. The lowest BCUT2D eigenvalue weighted by molar-refractivity contribution is -0.120. The highest BCUT2D eigenvalue weighted by Crippen LogP contribution is 2.11. The van der Waals surface area contributed by atoms with Crippen LogP contribution in [0.25, 0.3) is 0 Å². The molecule has 2 aromatic rings. The molecule has 0 aliphatic rings. The molecule has 25 heavy (non-hydrogen) atoms. The number of hydrogen-bond acceptors (Lipinski definition) is 4. The Morgan fingerprint density at radius 1 is 1.16 bits per heavy atom. The molecule has 0 saturated carbocycles. The first kappa shape index (κ1) is 18.4. The van der Waals surface area contributed by atoms with E-state index in [4.69, 9.17) is 4.74 Å². The molecule has 0 saturated heterocycles. The van der Waals surface area contributed by atoms with Gasteiger partial charge in [-0.2, -0.15) is 0 Å². The Labute approximate surface area is 145 Å². The number of pyridine rings is 1. The summed E-state index contributed by atoms with van der Waals surface area (Å²) in [6.07, 6.45) is 1.84. The normalized spacial score (nSPS) is 10.3. The summed E-state index contributed by atoms with van der Waals surface area (Å²) in [4.78, 5) is 35.9. The third kappa shape index (κ3) is 5.29. The van der Waals surface area contributed by atoms with E-state index in [9.17, 15) is 14.4 Å². The Morgan fingerprint density at radius 3 is 2.56 bits per heavy atom. The predicted molar refractivity (Wildman–Crippen MR) is 94.7 cm³/mol. The molecule has 1 aromatic heterocycles. The fourth-order valence-electron chi connectivity index (χ4n) is 2.21. The first-order chi connectivity index (χ1) is 12.0. The van der Waals surface area contributed by atoms with E-state index < -0.39 is 5.91 Å². The quantitative estimate of drug-likeness (QED) is 0.732. The van der Waals surface area contributed by atoms with Crippen LogP contribution in [-0.2, 0) is 23.0 Å². The molecule has 0 radical (unpaired) electrons. The highest BCUT2D eigenvalue weighted by atomic mass is 16.5. The summed E-state index contributed by atoms with van der Waals surface area (Å²) < 4.78 is 6.22. The zero-order valence-electron chi connectivity index (χ0n) is 14.2. The summed E-state index contributed by atoms with van der Waals surface area (Å²) in [7, 11) is 3.16. The molecule has 7 nitrogen and oxygen atoms in total. The minimum atomic E-state index is -0.466. The summed E-state index contributed by atoms with van der Waals surface area (Å²) >= 11 is 0. The lowest BCUT2D eigenvalue weighted by Crippen LogP contribution is -2.28. The maximum atomic E-state index is 12.2. The Kier molecular flexibility index (Phi) is 6.47. The number of aromatic nitrogens is 1. The van der Waals surface area contributed by atoms with E-state index in [1.54, 1.807) is 50.7 Å². The van der Waals surface area contributed by atoms with Gasteiger partial charge >= 0.3 is 0 Å². The van der Waals surface area contributed by atoms with Crippen LogP contribution in [0.2, 0.25) is 0 Å². The van der Waals surface area contributed by atoms with E-state index in [0.29, 0.717) is 18.8 Å². The number of hydrogen-bond donors (Lipinski definition) is 2.